The minimum absolute atomic E-state index is 0.0137. The van der Waals surface area contributed by atoms with Gasteiger partial charge in [0.05, 0.1) is 17.3 Å². The maximum Gasteiger partial charge on any atom is 0.407 e. The van der Waals surface area contributed by atoms with Gasteiger partial charge in [-0.25, -0.2) is 4.79 Å². The molecule has 1 aromatic rings. The molecule has 9 nitrogen and oxygen atoms in total. The Kier molecular flexibility index (Phi) is 8.87. The zero-order chi connectivity index (χ0) is 29.2. The summed E-state index contributed by atoms with van der Waals surface area (Å²) in [5, 5.41) is 6.55. The molecule has 4 fully saturated rings. The van der Waals surface area contributed by atoms with Crippen LogP contribution in [-0.2, 0) is 9.53 Å². The smallest absolute Gasteiger partial charge is 0.407 e. The minimum atomic E-state index is -0.553. The molecule has 0 spiro atoms. The predicted molar refractivity (Wildman–Crippen MR) is 160 cm³/mol. The van der Waals surface area contributed by atoms with Crippen LogP contribution in [0.25, 0.3) is 0 Å². The number of hydrogen-bond donors (Lipinski definition) is 2. The molecule has 0 radical (unpaired) electrons. The van der Waals surface area contributed by atoms with Gasteiger partial charge in [-0.3, -0.25) is 14.6 Å². The molecule has 0 aromatic heterocycles. The van der Waals surface area contributed by atoms with E-state index in [9.17, 15) is 14.4 Å². The molecule has 2 saturated heterocycles. The highest BCUT2D eigenvalue weighted by Gasteiger charge is 2.46. The van der Waals surface area contributed by atoms with Gasteiger partial charge in [0.15, 0.2) is 5.17 Å². The van der Waals surface area contributed by atoms with E-state index in [-0.39, 0.29) is 18.4 Å². The van der Waals surface area contributed by atoms with Gasteiger partial charge < -0.3 is 25.0 Å². The van der Waals surface area contributed by atoms with Crippen molar-refractivity contribution in [1.29, 1.82) is 0 Å². The number of carbonyl (C=O) groups is 3. The number of nitrogens with one attached hydrogen (secondary N) is 2. The highest BCUT2D eigenvalue weighted by Crippen LogP contribution is 2.47. The molecule has 2 aliphatic heterocycles. The van der Waals surface area contributed by atoms with Crippen LogP contribution < -0.4 is 15.4 Å². The zero-order valence-electron chi connectivity index (χ0n) is 24.7. The molecular formula is C31H44N4O5S. The van der Waals surface area contributed by atoms with Crippen LogP contribution in [0.5, 0.6) is 5.75 Å². The van der Waals surface area contributed by atoms with Gasteiger partial charge in [-0.2, -0.15) is 0 Å². The first-order chi connectivity index (χ1) is 19.5. The molecule has 2 bridgehead atoms. The van der Waals surface area contributed by atoms with E-state index in [4.69, 9.17) is 14.5 Å². The lowest BCUT2D eigenvalue weighted by atomic mass is 9.87. The van der Waals surface area contributed by atoms with E-state index < -0.39 is 16.4 Å². The van der Waals surface area contributed by atoms with Crippen molar-refractivity contribution in [3.8, 4) is 5.75 Å². The Morgan fingerprint density at radius 1 is 1.17 bits per heavy atom. The number of benzene rings is 1. The lowest BCUT2D eigenvalue weighted by molar-refractivity contribution is -0.121. The van der Waals surface area contributed by atoms with Gasteiger partial charge in [0.2, 0.25) is 5.91 Å². The topological polar surface area (TPSA) is 109 Å². The van der Waals surface area contributed by atoms with Crippen molar-refractivity contribution >= 4 is 34.8 Å². The van der Waals surface area contributed by atoms with Crippen LogP contribution in [0.15, 0.2) is 29.3 Å². The first-order valence-electron chi connectivity index (χ1n) is 15.0. The van der Waals surface area contributed by atoms with E-state index in [1.807, 2.05) is 38.7 Å². The summed E-state index contributed by atoms with van der Waals surface area (Å²) in [4.78, 5) is 44.9. The molecule has 41 heavy (non-hydrogen) atoms. The van der Waals surface area contributed by atoms with Gasteiger partial charge in [-0.05, 0) is 102 Å². The van der Waals surface area contributed by atoms with Crippen molar-refractivity contribution in [2.75, 3.05) is 26.2 Å². The number of alkyl carbamates (subject to hydrolysis) is 1. The van der Waals surface area contributed by atoms with Gasteiger partial charge >= 0.3 is 6.09 Å². The highest BCUT2D eigenvalue weighted by atomic mass is 32.2. The fourth-order valence-corrected chi connectivity index (χ4v) is 7.88. The first kappa shape index (κ1) is 29.7. The summed E-state index contributed by atoms with van der Waals surface area (Å²) in [5.41, 5.74) is 0.0308. The third-order valence-corrected chi connectivity index (χ3v) is 9.91. The van der Waals surface area contributed by atoms with Gasteiger partial charge in [-0.15, -0.1) is 0 Å². The van der Waals surface area contributed by atoms with E-state index >= 15 is 0 Å². The van der Waals surface area contributed by atoms with Crippen molar-refractivity contribution in [3.63, 3.8) is 0 Å². The molecule has 4 aliphatic rings. The largest absolute Gasteiger partial charge is 0.492 e. The number of aliphatic imine (C=N–C) groups is 1. The number of nitrogens with zero attached hydrogens (tertiary/aromatic N) is 2. The van der Waals surface area contributed by atoms with Gasteiger partial charge in [0, 0.05) is 18.7 Å². The summed E-state index contributed by atoms with van der Waals surface area (Å²) in [7, 11) is 0. The lowest BCUT2D eigenvalue weighted by Crippen LogP contribution is -2.41. The average molecular weight is 585 g/mol. The number of thioether (sulfide) groups is 1. The maximum absolute atomic E-state index is 13.2. The first-order valence-corrected chi connectivity index (χ1v) is 15.9. The Hall–Kier alpha value is -2.75. The summed E-state index contributed by atoms with van der Waals surface area (Å²) in [5.74, 6) is 2.56. The number of rotatable bonds is 8. The van der Waals surface area contributed by atoms with Crippen LogP contribution in [0.3, 0.4) is 0 Å². The molecule has 224 valence electrons. The van der Waals surface area contributed by atoms with Crippen LogP contribution in [0.1, 0.15) is 83.0 Å². The number of likely N-dealkylation sites (tertiary alicyclic amines) is 1. The number of amidine groups is 1. The van der Waals surface area contributed by atoms with E-state index in [1.165, 1.54) is 25.7 Å². The molecule has 5 rings (SSSR count). The Morgan fingerprint density at radius 2 is 1.95 bits per heavy atom. The number of fused-ring (bicyclic) bond motifs is 2. The molecule has 1 aromatic carbocycles. The fourth-order valence-electron chi connectivity index (χ4n) is 6.66. The highest BCUT2D eigenvalue weighted by molar-refractivity contribution is 8.16. The van der Waals surface area contributed by atoms with Crippen LogP contribution in [0.4, 0.5) is 4.79 Å². The summed E-state index contributed by atoms with van der Waals surface area (Å²) >= 11 is 1.61. The quantitative estimate of drug-likeness (QED) is 0.417. The molecule has 3 unspecified atom stereocenters. The Morgan fingerprint density at radius 3 is 2.63 bits per heavy atom. The minimum Gasteiger partial charge on any atom is -0.492 e. The number of amides is 3. The van der Waals surface area contributed by atoms with Crippen LogP contribution >= 0.6 is 11.8 Å². The van der Waals surface area contributed by atoms with Crippen molar-refractivity contribution in [2.45, 2.75) is 89.0 Å². The SMILES string of the molecule is CC(C)(C)OC(=O)NCCOc1cccc(C(=O)N2CCC(CC3(C)SC(=N[C@H]4CC5CCC4C5)NC3=O)CC2)c1. The van der Waals surface area contributed by atoms with E-state index in [0.29, 0.717) is 48.8 Å². The Bertz CT molecular complexity index is 1180. The fraction of sp³-hybridized carbons (Fsp3) is 0.677. The van der Waals surface area contributed by atoms with Crippen molar-refractivity contribution in [2.24, 2.45) is 22.7 Å². The normalized spacial score (nSPS) is 29.1. The second-order valence-electron chi connectivity index (χ2n) is 13.2. The monoisotopic (exact) mass is 584 g/mol. The molecule has 2 N–H and O–H groups in total. The van der Waals surface area contributed by atoms with Crippen LogP contribution in [0, 0.1) is 17.8 Å². The standard InChI is InChI=1S/C31H44N4O5S/c1-30(2,3)40-29(38)32-12-15-39-24-7-5-6-23(18-24)26(36)35-13-10-20(11-14-35)19-31(4)27(37)34-28(41-31)33-25-17-21-8-9-22(25)16-21/h5-7,18,20-22,25H,8-17,19H2,1-4H3,(H,32,38)(H,33,34,37)/t21?,22?,25-,31?/m0/s1. The zero-order valence-corrected chi connectivity index (χ0v) is 25.6. The van der Waals surface area contributed by atoms with Crippen LogP contribution in [-0.4, -0.2) is 70.6 Å². The van der Waals surface area contributed by atoms with Gasteiger partial charge in [-0.1, -0.05) is 24.2 Å². The van der Waals surface area contributed by atoms with E-state index in [2.05, 4.69) is 10.6 Å². The molecule has 4 atom stereocenters. The molecule has 2 heterocycles. The van der Waals surface area contributed by atoms with Crippen molar-refractivity contribution < 1.29 is 23.9 Å². The van der Waals surface area contributed by atoms with Crippen molar-refractivity contribution in [3.05, 3.63) is 29.8 Å². The third-order valence-electron chi connectivity index (χ3n) is 8.71. The van der Waals surface area contributed by atoms with E-state index in [0.717, 1.165) is 30.3 Å². The number of ether oxygens (including phenoxy) is 2. The summed E-state index contributed by atoms with van der Waals surface area (Å²) in [6.45, 7) is 9.38. The summed E-state index contributed by atoms with van der Waals surface area (Å²) in [6, 6.07) is 7.54. The molecule has 3 amide bonds. The number of piperidine rings is 1. The second-order valence-corrected chi connectivity index (χ2v) is 14.7. The molecule has 2 saturated carbocycles. The van der Waals surface area contributed by atoms with E-state index in [1.54, 1.807) is 30.0 Å². The number of hydrogen-bond acceptors (Lipinski definition) is 7. The molecule has 2 aliphatic carbocycles. The maximum atomic E-state index is 13.2. The van der Waals surface area contributed by atoms with Gasteiger partial charge in [0.1, 0.15) is 18.0 Å². The van der Waals surface area contributed by atoms with Crippen LogP contribution in [0.2, 0.25) is 0 Å². The summed E-state index contributed by atoms with van der Waals surface area (Å²) in [6.07, 6.45) is 7.16. The third kappa shape index (κ3) is 7.56. The molecule has 10 heteroatoms. The second kappa shape index (κ2) is 12.2. The van der Waals surface area contributed by atoms with Gasteiger partial charge in [0.25, 0.3) is 5.91 Å². The summed E-state index contributed by atoms with van der Waals surface area (Å²) < 4.78 is 10.5. The Labute approximate surface area is 247 Å². The Balaban J connectivity index is 1.06. The van der Waals surface area contributed by atoms with Crippen molar-refractivity contribution in [1.82, 2.24) is 15.5 Å². The number of carbonyl (C=O) groups excluding carboxylic acids is 3. The predicted octanol–water partition coefficient (Wildman–Crippen LogP) is 5.00. The average Bonchev–Trinajstić information content (AvgIpc) is 3.60. The lowest BCUT2D eigenvalue weighted by Gasteiger charge is -2.34. The molecular weight excluding hydrogens is 540 g/mol.